The van der Waals surface area contributed by atoms with Crippen LogP contribution in [0.1, 0.15) is 23.7 Å². The van der Waals surface area contributed by atoms with Gasteiger partial charge in [0.25, 0.3) is 5.91 Å². The second-order valence-electron chi connectivity index (χ2n) is 4.92. The Balaban J connectivity index is 0.00000326. The predicted octanol–water partition coefficient (Wildman–Crippen LogP) is 5.37. The summed E-state index contributed by atoms with van der Waals surface area (Å²) in [6.45, 7) is 1.06. The first-order chi connectivity index (χ1) is 12.3. The number of halogens is 7. The molecular formula is C17H14ClF6NO2. The molecule has 0 aliphatic rings. The van der Waals surface area contributed by atoms with Gasteiger partial charge in [0.1, 0.15) is 5.75 Å². The summed E-state index contributed by atoms with van der Waals surface area (Å²) in [5, 5.41) is 11.7. The molecule has 1 amide bonds. The van der Waals surface area contributed by atoms with Gasteiger partial charge >= 0.3 is 12.4 Å². The van der Waals surface area contributed by atoms with Gasteiger partial charge in [0, 0.05) is 10.7 Å². The quantitative estimate of drug-likeness (QED) is 0.396. The number of rotatable bonds is 4. The van der Waals surface area contributed by atoms with E-state index in [0.717, 1.165) is 19.1 Å². The lowest BCUT2D eigenvalue weighted by Crippen LogP contribution is -2.22. The Bertz CT molecular complexity index is 748. The van der Waals surface area contributed by atoms with Crippen molar-refractivity contribution in [2.45, 2.75) is 25.7 Å². The largest absolute Gasteiger partial charge is 0.507 e. The molecule has 2 N–H and O–H groups in total. The maximum Gasteiger partial charge on any atom is 0.416 e. The summed E-state index contributed by atoms with van der Waals surface area (Å²) < 4.78 is 74.7. The Labute approximate surface area is 156 Å². The van der Waals surface area contributed by atoms with Crippen molar-refractivity contribution in [1.29, 1.82) is 0 Å². The van der Waals surface area contributed by atoms with E-state index in [4.69, 9.17) is 11.6 Å². The number of amides is 1. The van der Waals surface area contributed by atoms with Crippen LogP contribution in [0.3, 0.4) is 0 Å². The monoisotopic (exact) mass is 413 g/mol. The van der Waals surface area contributed by atoms with Crippen LogP contribution in [0.25, 0.3) is 0 Å². The normalized spacial score (nSPS) is 12.8. The molecule has 0 spiro atoms. The molecule has 0 fully saturated rings. The first-order valence-electron chi connectivity index (χ1n) is 6.95. The van der Waals surface area contributed by atoms with E-state index in [2.05, 4.69) is 12.8 Å². The summed E-state index contributed by atoms with van der Waals surface area (Å²) in [7, 11) is 0. The highest BCUT2D eigenvalue weighted by Crippen LogP contribution is 2.30. The fourth-order valence-corrected chi connectivity index (χ4v) is 1.86. The molecule has 1 rings (SSSR count). The zero-order chi connectivity index (χ0) is 21.4. The fourth-order valence-electron chi connectivity index (χ4n) is 1.69. The molecule has 10 heteroatoms. The van der Waals surface area contributed by atoms with Gasteiger partial charge in [0.2, 0.25) is 0 Å². The van der Waals surface area contributed by atoms with Crippen LogP contribution in [-0.2, 0) is 0 Å². The minimum absolute atomic E-state index is 0.0213. The van der Waals surface area contributed by atoms with Crippen LogP contribution < -0.4 is 5.32 Å². The maximum atomic E-state index is 12.8. The third kappa shape index (κ3) is 9.06. The minimum Gasteiger partial charge on any atom is -0.507 e. The van der Waals surface area contributed by atoms with E-state index in [1.54, 1.807) is 0 Å². The molecule has 148 valence electrons. The van der Waals surface area contributed by atoms with Gasteiger partial charge in [-0.25, -0.2) is 0 Å². The van der Waals surface area contributed by atoms with Gasteiger partial charge in [-0.3, -0.25) is 4.79 Å². The number of phenolic OH excluding ortho intramolecular Hbond substituents is 1. The number of carbonyl (C=O) groups excluding carboxylic acids is 1. The van der Waals surface area contributed by atoms with Crippen molar-refractivity contribution in [2.75, 3.05) is 0 Å². The lowest BCUT2D eigenvalue weighted by Gasteiger charge is -2.12. The van der Waals surface area contributed by atoms with Crippen LogP contribution in [0.5, 0.6) is 5.75 Å². The number of phenols is 1. The molecule has 0 aliphatic carbocycles. The van der Waals surface area contributed by atoms with Gasteiger partial charge in [-0.2, -0.15) is 26.3 Å². The van der Waals surface area contributed by atoms with Crippen molar-refractivity contribution >= 4 is 17.5 Å². The van der Waals surface area contributed by atoms with E-state index < -0.39 is 36.0 Å². The van der Waals surface area contributed by atoms with Crippen molar-refractivity contribution in [3.63, 3.8) is 0 Å². The summed E-state index contributed by atoms with van der Waals surface area (Å²) in [6.07, 6.45) is -3.25. The molecule has 0 atom stereocenters. The number of hydrogen-bond donors (Lipinski definition) is 2. The molecule has 1 aromatic rings. The topological polar surface area (TPSA) is 49.3 Å². The Kier molecular flexibility index (Phi) is 8.97. The zero-order valence-corrected chi connectivity index (χ0v) is 14.5. The van der Waals surface area contributed by atoms with E-state index in [9.17, 15) is 36.2 Å². The van der Waals surface area contributed by atoms with Crippen LogP contribution in [0.2, 0.25) is 5.02 Å². The highest BCUT2D eigenvalue weighted by atomic mass is 35.5. The van der Waals surface area contributed by atoms with E-state index in [-0.39, 0.29) is 22.4 Å². The SMILES string of the molecule is C#C.C/C(=C\C(=C/CC(F)(F)F)C(F)(F)F)NC(=O)c1cc(Cl)ccc1O. The van der Waals surface area contributed by atoms with Crippen LogP contribution in [0, 0.1) is 12.8 Å². The molecule has 0 bridgehead atoms. The van der Waals surface area contributed by atoms with Crippen LogP contribution >= 0.6 is 11.6 Å². The number of nitrogens with one attached hydrogen (secondary N) is 1. The summed E-state index contributed by atoms with van der Waals surface area (Å²) in [4.78, 5) is 11.9. The predicted molar refractivity (Wildman–Crippen MR) is 89.0 cm³/mol. The minimum atomic E-state index is -5.03. The average molecular weight is 414 g/mol. The van der Waals surface area contributed by atoms with Gasteiger partial charge < -0.3 is 10.4 Å². The summed E-state index contributed by atoms with van der Waals surface area (Å²) in [5.41, 5.74) is -2.22. The van der Waals surface area contributed by atoms with Crippen molar-refractivity contribution in [1.82, 2.24) is 5.32 Å². The van der Waals surface area contributed by atoms with E-state index in [1.165, 1.54) is 6.07 Å². The molecule has 0 aromatic heterocycles. The average Bonchev–Trinajstić information content (AvgIpc) is 2.53. The van der Waals surface area contributed by atoms with Gasteiger partial charge in [0.15, 0.2) is 0 Å². The summed E-state index contributed by atoms with van der Waals surface area (Å²) in [6, 6.07) is 3.49. The molecular weight excluding hydrogens is 400 g/mol. The number of alkyl halides is 6. The summed E-state index contributed by atoms with van der Waals surface area (Å²) >= 11 is 5.66. The molecule has 0 aliphatic heterocycles. The standard InChI is InChI=1S/C15H12ClF6NO2.C2H2/c1-8(6-9(15(20,21)22)4-5-14(17,18)19)23-13(25)11-7-10(16)2-3-12(11)24;1-2/h2-4,6-7,24H,5H2,1H3,(H,23,25);1-2H/b8-6+,9-4+;. The number of carbonyl (C=O) groups is 1. The second-order valence-corrected chi connectivity index (χ2v) is 5.36. The van der Waals surface area contributed by atoms with Crippen molar-refractivity contribution in [3.05, 3.63) is 52.2 Å². The lowest BCUT2D eigenvalue weighted by molar-refractivity contribution is -0.126. The third-order valence-electron chi connectivity index (χ3n) is 2.77. The zero-order valence-electron chi connectivity index (χ0n) is 13.7. The molecule has 0 saturated heterocycles. The Morgan fingerprint density at radius 1 is 1.22 bits per heavy atom. The first-order valence-corrected chi connectivity index (χ1v) is 7.33. The number of hydrogen-bond acceptors (Lipinski definition) is 2. The van der Waals surface area contributed by atoms with Gasteiger partial charge in [-0.1, -0.05) is 17.7 Å². The van der Waals surface area contributed by atoms with Gasteiger partial charge in [-0.15, -0.1) is 12.8 Å². The Hall–Kier alpha value is -2.60. The van der Waals surface area contributed by atoms with Crippen molar-refractivity contribution < 1.29 is 36.2 Å². The molecule has 1 aromatic carbocycles. The molecule has 0 unspecified atom stereocenters. The highest BCUT2D eigenvalue weighted by Gasteiger charge is 2.34. The number of benzene rings is 1. The number of allylic oxidation sites excluding steroid dienone is 4. The van der Waals surface area contributed by atoms with Crippen LogP contribution in [-0.4, -0.2) is 23.4 Å². The second kappa shape index (κ2) is 9.92. The van der Waals surface area contributed by atoms with E-state index in [1.807, 2.05) is 5.32 Å². The van der Waals surface area contributed by atoms with Gasteiger partial charge in [-0.05, 0) is 31.2 Å². The van der Waals surface area contributed by atoms with Crippen molar-refractivity contribution in [2.24, 2.45) is 0 Å². The highest BCUT2D eigenvalue weighted by molar-refractivity contribution is 6.31. The van der Waals surface area contributed by atoms with Crippen molar-refractivity contribution in [3.8, 4) is 18.6 Å². The van der Waals surface area contributed by atoms with Crippen LogP contribution in [0.15, 0.2) is 41.6 Å². The Morgan fingerprint density at radius 3 is 2.26 bits per heavy atom. The maximum absolute atomic E-state index is 12.8. The van der Waals surface area contributed by atoms with E-state index in [0.29, 0.717) is 6.08 Å². The lowest BCUT2D eigenvalue weighted by atomic mass is 10.1. The number of terminal acetylenes is 1. The molecule has 27 heavy (non-hydrogen) atoms. The summed E-state index contributed by atoms with van der Waals surface area (Å²) in [5.74, 6) is -1.43. The van der Waals surface area contributed by atoms with Gasteiger partial charge in [0.05, 0.1) is 17.6 Å². The van der Waals surface area contributed by atoms with Crippen LogP contribution in [0.4, 0.5) is 26.3 Å². The third-order valence-corrected chi connectivity index (χ3v) is 3.00. The molecule has 0 heterocycles. The molecule has 0 saturated carbocycles. The molecule has 3 nitrogen and oxygen atoms in total. The molecule has 0 radical (unpaired) electrons. The smallest absolute Gasteiger partial charge is 0.416 e. The Morgan fingerprint density at radius 2 is 1.78 bits per heavy atom. The fraction of sp³-hybridized carbons (Fsp3) is 0.235. The number of aromatic hydroxyl groups is 1. The van der Waals surface area contributed by atoms with E-state index >= 15 is 0 Å². The first kappa shape index (κ1) is 24.4.